The van der Waals surface area contributed by atoms with Crippen LogP contribution in [0.1, 0.15) is 0 Å². The van der Waals surface area contributed by atoms with Crippen molar-refractivity contribution in [3.63, 3.8) is 0 Å². The molecule has 0 spiro atoms. The minimum Gasteiger partial charge on any atom is -0.386 e. The van der Waals surface area contributed by atoms with Crippen molar-refractivity contribution in [3.8, 4) is 11.3 Å². The molecule has 3 aromatic rings. The lowest BCUT2D eigenvalue weighted by molar-refractivity contribution is 1.22. The van der Waals surface area contributed by atoms with Gasteiger partial charge in [-0.1, -0.05) is 36.4 Å². The van der Waals surface area contributed by atoms with E-state index in [0.29, 0.717) is 5.69 Å². The van der Waals surface area contributed by atoms with Crippen molar-refractivity contribution in [1.82, 2.24) is 9.97 Å². The van der Waals surface area contributed by atoms with E-state index in [1.54, 1.807) is 0 Å². The molecule has 0 bridgehead atoms. The normalized spacial score (nSPS) is 10.6. The molecule has 0 aliphatic rings. The summed E-state index contributed by atoms with van der Waals surface area (Å²) in [5, 5.41) is 3.08. The summed E-state index contributed by atoms with van der Waals surface area (Å²) in [6.45, 7) is 0. The minimum atomic E-state index is -0.174. The number of aromatic amines is 1. The Morgan fingerprint density at radius 3 is 2.58 bits per heavy atom. The van der Waals surface area contributed by atoms with Crippen molar-refractivity contribution >= 4 is 16.7 Å². The van der Waals surface area contributed by atoms with Gasteiger partial charge in [-0.2, -0.15) is 0 Å². The number of aromatic nitrogens is 2. The van der Waals surface area contributed by atoms with E-state index in [1.807, 2.05) is 55.6 Å². The SMILES string of the molecule is CNc1cccc2[nH]c(=O)c(-c3ccccc3)nc12. The Morgan fingerprint density at radius 1 is 1.05 bits per heavy atom. The van der Waals surface area contributed by atoms with Gasteiger partial charge in [0, 0.05) is 12.6 Å². The number of fused-ring (bicyclic) bond motifs is 1. The summed E-state index contributed by atoms with van der Waals surface area (Å²) in [6, 6.07) is 15.1. The zero-order valence-corrected chi connectivity index (χ0v) is 10.5. The van der Waals surface area contributed by atoms with Gasteiger partial charge < -0.3 is 10.3 Å². The van der Waals surface area contributed by atoms with E-state index in [2.05, 4.69) is 15.3 Å². The van der Waals surface area contributed by atoms with E-state index >= 15 is 0 Å². The summed E-state index contributed by atoms with van der Waals surface area (Å²) >= 11 is 0. The first-order chi connectivity index (χ1) is 9.29. The number of H-pyrrole nitrogens is 1. The summed E-state index contributed by atoms with van der Waals surface area (Å²) in [5.74, 6) is 0. The quantitative estimate of drug-likeness (QED) is 0.736. The summed E-state index contributed by atoms with van der Waals surface area (Å²) in [5.41, 5.74) is 3.48. The predicted molar refractivity (Wildman–Crippen MR) is 77.3 cm³/mol. The fraction of sp³-hybridized carbons (Fsp3) is 0.0667. The van der Waals surface area contributed by atoms with Crippen molar-refractivity contribution in [3.05, 3.63) is 58.9 Å². The van der Waals surface area contributed by atoms with Gasteiger partial charge >= 0.3 is 0 Å². The van der Waals surface area contributed by atoms with Gasteiger partial charge in [0.05, 0.1) is 11.2 Å². The minimum absolute atomic E-state index is 0.174. The van der Waals surface area contributed by atoms with Crippen molar-refractivity contribution < 1.29 is 0 Å². The van der Waals surface area contributed by atoms with Crippen LogP contribution in [0, 0.1) is 0 Å². The molecule has 2 aromatic carbocycles. The molecule has 1 aromatic heterocycles. The van der Waals surface area contributed by atoms with Crippen molar-refractivity contribution in [2.75, 3.05) is 12.4 Å². The van der Waals surface area contributed by atoms with Crippen LogP contribution in [0.15, 0.2) is 53.3 Å². The maximum absolute atomic E-state index is 12.1. The lowest BCUT2D eigenvalue weighted by Crippen LogP contribution is -2.12. The Labute approximate surface area is 110 Å². The number of para-hydroxylation sites is 1. The topological polar surface area (TPSA) is 57.8 Å². The van der Waals surface area contributed by atoms with Crippen LogP contribution in [-0.2, 0) is 0 Å². The van der Waals surface area contributed by atoms with Crippen LogP contribution < -0.4 is 10.9 Å². The van der Waals surface area contributed by atoms with Crippen molar-refractivity contribution in [2.24, 2.45) is 0 Å². The number of anilines is 1. The standard InChI is InChI=1S/C15H13N3O/c1-16-11-8-5-9-12-14(11)18-13(15(19)17-12)10-6-3-2-4-7-10/h2-9,16H,1H3,(H,17,19). The lowest BCUT2D eigenvalue weighted by atomic mass is 10.1. The Bertz CT molecular complexity index is 778. The maximum Gasteiger partial charge on any atom is 0.274 e. The molecule has 0 atom stereocenters. The van der Waals surface area contributed by atoms with E-state index in [9.17, 15) is 4.79 Å². The molecular weight excluding hydrogens is 238 g/mol. The zero-order chi connectivity index (χ0) is 13.2. The number of hydrogen-bond donors (Lipinski definition) is 2. The zero-order valence-electron chi connectivity index (χ0n) is 10.5. The van der Waals surface area contributed by atoms with E-state index < -0.39 is 0 Å². The third-order valence-electron chi connectivity index (χ3n) is 3.04. The monoisotopic (exact) mass is 251 g/mol. The number of benzene rings is 2. The molecule has 2 N–H and O–H groups in total. The summed E-state index contributed by atoms with van der Waals surface area (Å²) in [6.07, 6.45) is 0. The molecule has 0 aliphatic heterocycles. The fourth-order valence-corrected chi connectivity index (χ4v) is 2.10. The Morgan fingerprint density at radius 2 is 1.84 bits per heavy atom. The van der Waals surface area contributed by atoms with Gasteiger partial charge in [-0.15, -0.1) is 0 Å². The molecule has 1 heterocycles. The predicted octanol–water partition coefficient (Wildman–Crippen LogP) is 2.63. The van der Waals surface area contributed by atoms with E-state index in [-0.39, 0.29) is 5.56 Å². The molecule has 4 nitrogen and oxygen atoms in total. The van der Waals surface area contributed by atoms with Crippen LogP contribution in [0.4, 0.5) is 5.69 Å². The van der Waals surface area contributed by atoms with E-state index in [1.165, 1.54) is 0 Å². The largest absolute Gasteiger partial charge is 0.386 e. The van der Waals surface area contributed by atoms with Gasteiger partial charge in [0.25, 0.3) is 5.56 Å². The molecule has 0 amide bonds. The highest BCUT2D eigenvalue weighted by molar-refractivity contribution is 5.88. The number of nitrogens with zero attached hydrogens (tertiary/aromatic N) is 1. The van der Waals surface area contributed by atoms with Gasteiger partial charge in [-0.05, 0) is 12.1 Å². The van der Waals surface area contributed by atoms with Gasteiger partial charge in [-0.3, -0.25) is 4.79 Å². The molecule has 0 saturated carbocycles. The highest BCUT2D eigenvalue weighted by atomic mass is 16.1. The molecule has 0 unspecified atom stereocenters. The molecule has 0 aliphatic carbocycles. The molecule has 0 saturated heterocycles. The summed E-state index contributed by atoms with van der Waals surface area (Å²) in [7, 11) is 1.84. The third kappa shape index (κ3) is 1.97. The number of rotatable bonds is 2. The Kier molecular flexibility index (Phi) is 2.76. The highest BCUT2D eigenvalue weighted by Gasteiger charge is 2.09. The molecule has 0 fully saturated rings. The van der Waals surface area contributed by atoms with Crippen LogP contribution in [0.5, 0.6) is 0 Å². The van der Waals surface area contributed by atoms with Gasteiger partial charge in [0.1, 0.15) is 11.2 Å². The first-order valence-electron chi connectivity index (χ1n) is 6.06. The molecule has 3 rings (SSSR count). The molecule has 0 radical (unpaired) electrons. The average Bonchev–Trinajstić information content (AvgIpc) is 2.46. The highest BCUT2D eigenvalue weighted by Crippen LogP contribution is 2.21. The van der Waals surface area contributed by atoms with Gasteiger partial charge in [0.2, 0.25) is 0 Å². The van der Waals surface area contributed by atoms with Gasteiger partial charge in [0.15, 0.2) is 0 Å². The first-order valence-corrected chi connectivity index (χ1v) is 6.06. The number of hydrogen-bond acceptors (Lipinski definition) is 3. The molecular formula is C15H13N3O. The lowest BCUT2D eigenvalue weighted by Gasteiger charge is -2.07. The van der Waals surface area contributed by atoms with Crippen LogP contribution in [0.2, 0.25) is 0 Å². The second-order valence-corrected chi connectivity index (χ2v) is 4.23. The molecule has 19 heavy (non-hydrogen) atoms. The second kappa shape index (κ2) is 4.57. The number of nitrogens with one attached hydrogen (secondary N) is 2. The first kappa shape index (κ1) is 11.5. The van der Waals surface area contributed by atoms with Crippen LogP contribution >= 0.6 is 0 Å². The Balaban J connectivity index is 2.32. The van der Waals surface area contributed by atoms with Crippen LogP contribution in [0.3, 0.4) is 0 Å². The van der Waals surface area contributed by atoms with Gasteiger partial charge in [-0.25, -0.2) is 4.98 Å². The molecule has 94 valence electrons. The van der Waals surface area contributed by atoms with Crippen LogP contribution in [-0.4, -0.2) is 17.0 Å². The second-order valence-electron chi connectivity index (χ2n) is 4.23. The Hall–Kier alpha value is -2.62. The fourth-order valence-electron chi connectivity index (χ4n) is 2.10. The smallest absolute Gasteiger partial charge is 0.274 e. The van der Waals surface area contributed by atoms with E-state index in [0.717, 1.165) is 22.3 Å². The molecule has 4 heteroatoms. The van der Waals surface area contributed by atoms with Crippen molar-refractivity contribution in [1.29, 1.82) is 0 Å². The third-order valence-corrected chi connectivity index (χ3v) is 3.04. The van der Waals surface area contributed by atoms with Crippen LogP contribution in [0.25, 0.3) is 22.3 Å². The average molecular weight is 251 g/mol. The summed E-state index contributed by atoms with van der Waals surface area (Å²) < 4.78 is 0. The van der Waals surface area contributed by atoms with E-state index in [4.69, 9.17) is 0 Å². The van der Waals surface area contributed by atoms with Crippen molar-refractivity contribution in [2.45, 2.75) is 0 Å². The summed E-state index contributed by atoms with van der Waals surface area (Å²) in [4.78, 5) is 19.5. The maximum atomic E-state index is 12.1.